The van der Waals surface area contributed by atoms with Crippen molar-refractivity contribution in [1.82, 2.24) is 10.6 Å². The summed E-state index contributed by atoms with van der Waals surface area (Å²) in [6.07, 6.45) is 0. The predicted octanol–water partition coefficient (Wildman–Crippen LogP) is 3.06. The van der Waals surface area contributed by atoms with Crippen molar-refractivity contribution in [2.45, 2.75) is 13.1 Å². The second kappa shape index (κ2) is 8.85. The molecule has 3 rings (SSSR count). The standard InChI is InChI=1S/C19H22BrN3O4/c1-21-19(22-9-12-4-5-15(24-2)16(7-12)25-3)23-10-13-6-14(20)18-17(8-13)26-11-27-18/h4-8H,9-11H2,1-3H3,(H2,21,22,23). The molecule has 27 heavy (non-hydrogen) atoms. The molecule has 0 spiro atoms. The average Bonchev–Trinajstić information content (AvgIpc) is 3.17. The maximum Gasteiger partial charge on any atom is 0.231 e. The van der Waals surface area contributed by atoms with Crippen molar-refractivity contribution in [2.75, 3.05) is 28.1 Å². The summed E-state index contributed by atoms with van der Waals surface area (Å²) in [7, 11) is 4.98. The minimum Gasteiger partial charge on any atom is -0.493 e. The van der Waals surface area contributed by atoms with Crippen molar-refractivity contribution in [3.63, 3.8) is 0 Å². The predicted molar refractivity (Wildman–Crippen MR) is 107 cm³/mol. The lowest BCUT2D eigenvalue weighted by Crippen LogP contribution is -2.36. The summed E-state index contributed by atoms with van der Waals surface area (Å²) < 4.78 is 22.3. The Labute approximate surface area is 166 Å². The number of rotatable bonds is 6. The molecule has 144 valence electrons. The lowest BCUT2D eigenvalue weighted by atomic mass is 10.2. The molecule has 0 radical (unpaired) electrons. The van der Waals surface area contributed by atoms with Crippen molar-refractivity contribution in [2.24, 2.45) is 4.99 Å². The molecule has 0 aliphatic carbocycles. The van der Waals surface area contributed by atoms with Gasteiger partial charge in [-0.15, -0.1) is 0 Å². The van der Waals surface area contributed by atoms with Gasteiger partial charge in [-0.3, -0.25) is 4.99 Å². The van der Waals surface area contributed by atoms with Crippen LogP contribution in [0.5, 0.6) is 23.0 Å². The van der Waals surface area contributed by atoms with E-state index in [1.807, 2.05) is 30.3 Å². The van der Waals surface area contributed by atoms with Crippen LogP contribution in [-0.2, 0) is 13.1 Å². The first kappa shape index (κ1) is 19.2. The summed E-state index contributed by atoms with van der Waals surface area (Å²) in [5.41, 5.74) is 2.11. The van der Waals surface area contributed by atoms with Crippen molar-refractivity contribution in [3.05, 3.63) is 45.9 Å². The fourth-order valence-corrected chi connectivity index (χ4v) is 3.31. The van der Waals surface area contributed by atoms with Crippen LogP contribution in [-0.4, -0.2) is 34.0 Å². The van der Waals surface area contributed by atoms with E-state index in [-0.39, 0.29) is 6.79 Å². The van der Waals surface area contributed by atoms with E-state index in [4.69, 9.17) is 18.9 Å². The third kappa shape index (κ3) is 4.57. The summed E-state index contributed by atoms with van der Waals surface area (Å²) >= 11 is 3.51. The fourth-order valence-electron chi connectivity index (χ4n) is 2.71. The molecular weight excluding hydrogens is 414 g/mol. The van der Waals surface area contributed by atoms with Crippen LogP contribution in [0, 0.1) is 0 Å². The number of fused-ring (bicyclic) bond motifs is 1. The first-order valence-electron chi connectivity index (χ1n) is 8.38. The number of ether oxygens (including phenoxy) is 4. The molecule has 2 aromatic carbocycles. The van der Waals surface area contributed by atoms with Gasteiger partial charge in [0.2, 0.25) is 6.79 Å². The number of hydrogen-bond acceptors (Lipinski definition) is 5. The second-order valence-electron chi connectivity index (χ2n) is 5.78. The van der Waals surface area contributed by atoms with Crippen LogP contribution in [0.25, 0.3) is 0 Å². The molecule has 1 heterocycles. The van der Waals surface area contributed by atoms with Crippen molar-refractivity contribution < 1.29 is 18.9 Å². The third-order valence-electron chi connectivity index (χ3n) is 4.08. The van der Waals surface area contributed by atoms with Gasteiger partial charge in [0.25, 0.3) is 0 Å². The Hall–Kier alpha value is -2.61. The minimum atomic E-state index is 0.249. The quantitative estimate of drug-likeness (QED) is 0.536. The molecule has 0 fully saturated rings. The summed E-state index contributed by atoms with van der Waals surface area (Å²) in [4.78, 5) is 4.26. The average molecular weight is 436 g/mol. The van der Waals surface area contributed by atoms with Crippen LogP contribution >= 0.6 is 15.9 Å². The first-order chi connectivity index (χ1) is 13.1. The highest BCUT2D eigenvalue weighted by Gasteiger charge is 2.18. The number of benzene rings is 2. The Morgan fingerprint density at radius 1 is 1.04 bits per heavy atom. The van der Waals surface area contributed by atoms with Crippen LogP contribution in [0.3, 0.4) is 0 Å². The van der Waals surface area contributed by atoms with Gasteiger partial charge >= 0.3 is 0 Å². The van der Waals surface area contributed by atoms with Crippen LogP contribution in [0.15, 0.2) is 39.8 Å². The third-order valence-corrected chi connectivity index (χ3v) is 4.67. The maximum atomic E-state index is 5.45. The smallest absolute Gasteiger partial charge is 0.231 e. The largest absolute Gasteiger partial charge is 0.493 e. The van der Waals surface area contributed by atoms with Gasteiger partial charge in [0.05, 0.1) is 18.7 Å². The van der Waals surface area contributed by atoms with Crippen LogP contribution < -0.4 is 29.6 Å². The zero-order valence-corrected chi connectivity index (χ0v) is 17.1. The maximum absolute atomic E-state index is 5.45. The molecule has 0 aromatic heterocycles. The Bertz CT molecular complexity index is 842. The molecule has 2 N–H and O–H groups in total. The SMILES string of the molecule is CN=C(NCc1ccc(OC)c(OC)c1)NCc1cc(Br)c2c(c1)OCO2. The van der Waals surface area contributed by atoms with E-state index in [0.29, 0.717) is 30.5 Å². The lowest BCUT2D eigenvalue weighted by molar-refractivity contribution is 0.173. The monoisotopic (exact) mass is 435 g/mol. The fraction of sp³-hybridized carbons (Fsp3) is 0.316. The Balaban J connectivity index is 1.58. The molecule has 7 nitrogen and oxygen atoms in total. The van der Waals surface area contributed by atoms with E-state index in [1.165, 1.54) is 0 Å². The second-order valence-corrected chi connectivity index (χ2v) is 6.63. The van der Waals surface area contributed by atoms with Crippen molar-refractivity contribution in [1.29, 1.82) is 0 Å². The number of hydrogen-bond donors (Lipinski definition) is 2. The molecule has 0 amide bonds. The summed E-state index contributed by atoms with van der Waals surface area (Å²) in [5.74, 6) is 3.59. The number of nitrogens with one attached hydrogen (secondary N) is 2. The van der Waals surface area contributed by atoms with Gasteiger partial charge < -0.3 is 29.6 Å². The van der Waals surface area contributed by atoms with Crippen molar-refractivity contribution >= 4 is 21.9 Å². The summed E-state index contributed by atoms with van der Waals surface area (Å²) in [5, 5.41) is 6.58. The van der Waals surface area contributed by atoms with E-state index >= 15 is 0 Å². The Kier molecular flexibility index (Phi) is 6.28. The van der Waals surface area contributed by atoms with Crippen molar-refractivity contribution in [3.8, 4) is 23.0 Å². The van der Waals surface area contributed by atoms with Gasteiger partial charge in [-0.25, -0.2) is 0 Å². The van der Waals surface area contributed by atoms with Gasteiger partial charge in [0.1, 0.15) is 0 Å². The number of nitrogens with zero attached hydrogens (tertiary/aromatic N) is 1. The topological polar surface area (TPSA) is 73.3 Å². The van der Waals surface area contributed by atoms with E-state index < -0.39 is 0 Å². The highest BCUT2D eigenvalue weighted by molar-refractivity contribution is 9.10. The summed E-state index contributed by atoms with van der Waals surface area (Å²) in [6.45, 7) is 1.45. The van der Waals surface area contributed by atoms with Crippen LogP contribution in [0.2, 0.25) is 0 Å². The van der Waals surface area contributed by atoms with E-state index in [1.54, 1.807) is 21.3 Å². The highest BCUT2D eigenvalue weighted by Crippen LogP contribution is 2.39. The minimum absolute atomic E-state index is 0.249. The molecule has 1 aliphatic rings. The molecule has 1 aliphatic heterocycles. The summed E-state index contributed by atoms with van der Waals surface area (Å²) in [6, 6.07) is 9.77. The molecule has 8 heteroatoms. The number of aliphatic imine (C=N–C) groups is 1. The van der Waals surface area contributed by atoms with Gasteiger partial charge in [-0.1, -0.05) is 6.07 Å². The molecule has 0 atom stereocenters. The molecule has 0 unspecified atom stereocenters. The van der Waals surface area contributed by atoms with E-state index in [0.717, 1.165) is 27.1 Å². The molecule has 0 saturated carbocycles. The van der Waals surface area contributed by atoms with Gasteiger partial charge in [-0.2, -0.15) is 0 Å². The zero-order valence-electron chi connectivity index (χ0n) is 15.5. The van der Waals surface area contributed by atoms with E-state index in [9.17, 15) is 0 Å². The van der Waals surface area contributed by atoms with Gasteiger partial charge in [0.15, 0.2) is 29.0 Å². The number of methoxy groups -OCH3 is 2. The molecule has 2 aromatic rings. The number of guanidine groups is 1. The van der Waals surface area contributed by atoms with Crippen LogP contribution in [0.1, 0.15) is 11.1 Å². The van der Waals surface area contributed by atoms with Gasteiger partial charge in [-0.05, 0) is 51.3 Å². The molecular formula is C19H22BrN3O4. The lowest BCUT2D eigenvalue weighted by Gasteiger charge is -2.14. The van der Waals surface area contributed by atoms with Gasteiger partial charge in [0, 0.05) is 20.1 Å². The van der Waals surface area contributed by atoms with Crippen LogP contribution in [0.4, 0.5) is 0 Å². The van der Waals surface area contributed by atoms with E-state index in [2.05, 4.69) is 31.6 Å². The molecule has 0 bridgehead atoms. The number of halogens is 1. The first-order valence-corrected chi connectivity index (χ1v) is 9.17. The Morgan fingerprint density at radius 3 is 2.48 bits per heavy atom. The highest BCUT2D eigenvalue weighted by atomic mass is 79.9. The Morgan fingerprint density at radius 2 is 1.78 bits per heavy atom. The molecule has 0 saturated heterocycles. The zero-order chi connectivity index (χ0) is 19.2. The normalized spacial score (nSPS) is 12.7.